The van der Waals surface area contributed by atoms with Crippen LogP contribution in [0.5, 0.6) is 0 Å². The molecule has 8 nitrogen and oxygen atoms in total. The van der Waals surface area contributed by atoms with E-state index >= 15 is 0 Å². The molecule has 4 N–H and O–H groups in total. The van der Waals surface area contributed by atoms with Crippen molar-refractivity contribution in [3.63, 3.8) is 0 Å². The number of aromatic nitrogens is 2. The number of fused-ring (bicyclic) bond motifs is 1. The van der Waals surface area contributed by atoms with Gasteiger partial charge in [0.2, 0.25) is 5.09 Å². The van der Waals surface area contributed by atoms with Gasteiger partial charge in [-0.05, 0) is 30.3 Å². The Hall–Kier alpha value is -2.65. The number of hydrogen-bond donors (Lipinski definition) is 3. The predicted octanol–water partition coefficient (Wildman–Crippen LogP) is 1.06. The molecule has 2 heterocycles. The van der Waals surface area contributed by atoms with E-state index in [9.17, 15) is 13.2 Å². The van der Waals surface area contributed by atoms with Crippen LogP contribution in [0.25, 0.3) is 11.0 Å². The van der Waals surface area contributed by atoms with Crippen molar-refractivity contribution in [1.82, 2.24) is 9.97 Å². The molecule has 0 unspecified atom stereocenters. The number of amides is 1. The van der Waals surface area contributed by atoms with Crippen molar-refractivity contribution >= 4 is 32.7 Å². The summed E-state index contributed by atoms with van der Waals surface area (Å²) in [6, 6.07) is 7.47. The lowest BCUT2D eigenvalue weighted by molar-refractivity contribution is 0.0991. The molecule has 0 saturated heterocycles. The Morgan fingerprint density at radius 3 is 2.81 bits per heavy atom. The van der Waals surface area contributed by atoms with E-state index in [-0.39, 0.29) is 5.76 Å². The lowest BCUT2D eigenvalue weighted by Crippen LogP contribution is -2.12. The zero-order valence-electron chi connectivity index (χ0n) is 10.5. The van der Waals surface area contributed by atoms with Gasteiger partial charge >= 0.3 is 0 Å². The minimum absolute atomic E-state index is 0.149. The fraction of sp³-hybridized carbons (Fsp3) is 0. The Morgan fingerprint density at radius 2 is 2.10 bits per heavy atom. The van der Waals surface area contributed by atoms with Crippen LogP contribution in [0.1, 0.15) is 10.6 Å². The first-order chi connectivity index (χ1) is 9.93. The summed E-state index contributed by atoms with van der Waals surface area (Å²) in [6.07, 6.45) is 1.54. The van der Waals surface area contributed by atoms with Gasteiger partial charge in [0.1, 0.15) is 0 Å². The van der Waals surface area contributed by atoms with Gasteiger partial charge in [-0.15, -0.1) is 0 Å². The number of furan rings is 1. The second-order valence-corrected chi connectivity index (χ2v) is 5.74. The topological polar surface area (TPSA) is 131 Å². The van der Waals surface area contributed by atoms with Crippen LogP contribution in [0.4, 0.5) is 5.69 Å². The van der Waals surface area contributed by atoms with Gasteiger partial charge < -0.3 is 14.7 Å². The Kier molecular flexibility index (Phi) is 3.00. The SMILES string of the molecule is NS(=O)(=O)c1ccc(C(=O)Nc2ccc3nc[nH]c3c2)o1. The molecule has 0 spiro atoms. The minimum Gasteiger partial charge on any atom is -0.438 e. The van der Waals surface area contributed by atoms with E-state index in [1.807, 2.05) is 0 Å². The van der Waals surface area contributed by atoms with Crippen LogP contribution in [-0.2, 0) is 10.0 Å². The fourth-order valence-electron chi connectivity index (χ4n) is 1.80. The molecule has 1 amide bonds. The van der Waals surface area contributed by atoms with Crippen LogP contribution in [-0.4, -0.2) is 24.3 Å². The summed E-state index contributed by atoms with van der Waals surface area (Å²) in [7, 11) is -3.97. The Bertz CT molecular complexity index is 926. The third-order valence-electron chi connectivity index (χ3n) is 2.76. The first-order valence-electron chi connectivity index (χ1n) is 5.80. The number of nitrogens with zero attached hydrogens (tertiary/aromatic N) is 1. The lowest BCUT2D eigenvalue weighted by Gasteiger charge is -2.02. The lowest BCUT2D eigenvalue weighted by atomic mass is 10.2. The summed E-state index contributed by atoms with van der Waals surface area (Å²) < 4.78 is 27.1. The van der Waals surface area contributed by atoms with Crippen LogP contribution in [0, 0.1) is 0 Å². The van der Waals surface area contributed by atoms with Crippen molar-refractivity contribution in [3.05, 3.63) is 42.4 Å². The third-order valence-corrected chi connectivity index (χ3v) is 3.54. The molecule has 108 valence electrons. The molecule has 0 aliphatic carbocycles. The maximum absolute atomic E-state index is 12.0. The molecule has 9 heteroatoms. The molecule has 0 fully saturated rings. The van der Waals surface area contributed by atoms with Crippen molar-refractivity contribution in [2.45, 2.75) is 5.09 Å². The number of imidazole rings is 1. The average molecular weight is 306 g/mol. The molecule has 3 rings (SSSR count). The highest BCUT2D eigenvalue weighted by atomic mass is 32.2. The number of anilines is 1. The average Bonchev–Trinajstić information content (AvgIpc) is 3.06. The van der Waals surface area contributed by atoms with Crippen molar-refractivity contribution in [1.29, 1.82) is 0 Å². The summed E-state index contributed by atoms with van der Waals surface area (Å²) in [6.45, 7) is 0. The molecule has 0 aliphatic rings. The largest absolute Gasteiger partial charge is 0.438 e. The zero-order chi connectivity index (χ0) is 15.0. The summed E-state index contributed by atoms with van der Waals surface area (Å²) in [5.74, 6) is -0.729. The monoisotopic (exact) mass is 306 g/mol. The van der Waals surface area contributed by atoms with Crippen LogP contribution < -0.4 is 10.5 Å². The van der Waals surface area contributed by atoms with E-state index in [4.69, 9.17) is 9.56 Å². The molecular formula is C12H10N4O4S. The zero-order valence-corrected chi connectivity index (χ0v) is 11.3. The van der Waals surface area contributed by atoms with Gasteiger partial charge in [0.25, 0.3) is 15.9 Å². The molecule has 0 saturated carbocycles. The third kappa shape index (κ3) is 2.64. The highest BCUT2D eigenvalue weighted by Crippen LogP contribution is 2.18. The predicted molar refractivity (Wildman–Crippen MR) is 74.1 cm³/mol. The van der Waals surface area contributed by atoms with Gasteiger partial charge in [0, 0.05) is 5.69 Å². The van der Waals surface area contributed by atoms with E-state index in [1.54, 1.807) is 24.5 Å². The van der Waals surface area contributed by atoms with Crippen molar-refractivity contribution in [2.24, 2.45) is 5.14 Å². The maximum atomic E-state index is 12.0. The number of primary sulfonamides is 1. The maximum Gasteiger partial charge on any atom is 0.291 e. The first kappa shape index (κ1) is 13.3. The van der Waals surface area contributed by atoms with Crippen LogP contribution in [0.15, 0.2) is 46.2 Å². The van der Waals surface area contributed by atoms with Gasteiger partial charge in [0.15, 0.2) is 5.76 Å². The summed E-state index contributed by atoms with van der Waals surface area (Å²) >= 11 is 0. The minimum atomic E-state index is -3.97. The number of H-pyrrole nitrogens is 1. The number of hydrogen-bond acceptors (Lipinski definition) is 5. The number of nitrogens with one attached hydrogen (secondary N) is 2. The van der Waals surface area contributed by atoms with Gasteiger partial charge in [-0.3, -0.25) is 4.79 Å². The van der Waals surface area contributed by atoms with Gasteiger partial charge in [-0.1, -0.05) is 0 Å². The highest BCUT2D eigenvalue weighted by molar-refractivity contribution is 7.89. The van der Waals surface area contributed by atoms with Crippen LogP contribution in [0.3, 0.4) is 0 Å². The standard InChI is InChI=1S/C12H10N4O4S/c13-21(18,19)11-4-3-10(20-11)12(17)16-7-1-2-8-9(5-7)15-6-14-8/h1-6H,(H,14,15)(H,16,17)(H2,13,18,19). The van der Waals surface area contributed by atoms with E-state index in [0.717, 1.165) is 17.1 Å². The van der Waals surface area contributed by atoms with E-state index in [0.29, 0.717) is 5.69 Å². The highest BCUT2D eigenvalue weighted by Gasteiger charge is 2.17. The molecule has 21 heavy (non-hydrogen) atoms. The molecule has 0 radical (unpaired) electrons. The number of carbonyl (C=O) groups is 1. The Morgan fingerprint density at radius 1 is 1.29 bits per heavy atom. The molecule has 3 aromatic rings. The first-order valence-corrected chi connectivity index (χ1v) is 7.35. The molecule has 1 aromatic carbocycles. The Balaban J connectivity index is 1.84. The summed E-state index contributed by atoms with van der Waals surface area (Å²) in [5, 5.41) is 7.04. The Labute approximate surface area is 119 Å². The second kappa shape index (κ2) is 4.72. The smallest absolute Gasteiger partial charge is 0.291 e. The second-order valence-electron chi connectivity index (χ2n) is 4.25. The van der Waals surface area contributed by atoms with Crippen molar-refractivity contribution in [3.8, 4) is 0 Å². The summed E-state index contributed by atoms with van der Waals surface area (Å²) in [4.78, 5) is 18.9. The molecule has 0 bridgehead atoms. The van der Waals surface area contributed by atoms with Gasteiger partial charge in [-0.25, -0.2) is 18.5 Å². The van der Waals surface area contributed by atoms with Gasteiger partial charge in [0.05, 0.1) is 17.4 Å². The number of nitrogens with two attached hydrogens (primary N) is 1. The molecule has 2 aromatic heterocycles. The van der Waals surface area contributed by atoms with Crippen LogP contribution >= 0.6 is 0 Å². The fourth-order valence-corrected chi connectivity index (χ4v) is 2.26. The molecular weight excluding hydrogens is 296 g/mol. The van der Waals surface area contributed by atoms with E-state index in [1.165, 1.54) is 6.07 Å². The number of rotatable bonds is 3. The molecule has 0 atom stereocenters. The van der Waals surface area contributed by atoms with Crippen LogP contribution in [0.2, 0.25) is 0 Å². The van der Waals surface area contributed by atoms with E-state index < -0.39 is 21.0 Å². The quantitative estimate of drug-likeness (QED) is 0.665. The van der Waals surface area contributed by atoms with Crippen molar-refractivity contribution < 1.29 is 17.6 Å². The number of benzene rings is 1. The number of aromatic amines is 1. The summed E-state index contributed by atoms with van der Waals surface area (Å²) in [5.41, 5.74) is 2.05. The number of sulfonamides is 1. The van der Waals surface area contributed by atoms with Gasteiger partial charge in [-0.2, -0.15) is 0 Å². The number of carbonyl (C=O) groups excluding carboxylic acids is 1. The van der Waals surface area contributed by atoms with E-state index in [2.05, 4.69) is 15.3 Å². The van der Waals surface area contributed by atoms with Crippen molar-refractivity contribution in [2.75, 3.05) is 5.32 Å². The molecule has 0 aliphatic heterocycles. The normalized spacial score (nSPS) is 11.7.